The molecule has 0 amide bonds. The van der Waals surface area contributed by atoms with Crippen LogP contribution in [-0.2, 0) is 10.3 Å². The molecule has 2 aromatic carbocycles. The number of benzene rings is 2. The van der Waals surface area contributed by atoms with Gasteiger partial charge in [0.05, 0.1) is 12.0 Å². The number of hydrogen-bond donors (Lipinski definition) is 2. The molecule has 0 unspecified atom stereocenters. The molecule has 2 N–H and O–H groups in total. The summed E-state index contributed by atoms with van der Waals surface area (Å²) >= 11 is 0. The molecule has 3 rings (SSSR count). The lowest BCUT2D eigenvalue weighted by Crippen LogP contribution is -2.43. The quantitative estimate of drug-likeness (QED) is 0.874. The van der Waals surface area contributed by atoms with Crippen LogP contribution in [-0.4, -0.2) is 17.6 Å². The molecule has 1 fully saturated rings. The van der Waals surface area contributed by atoms with Crippen LogP contribution in [0.4, 0.5) is 0 Å². The van der Waals surface area contributed by atoms with Crippen molar-refractivity contribution in [2.24, 2.45) is 5.92 Å². The largest absolute Gasteiger partial charge is 0.481 e. The van der Waals surface area contributed by atoms with Crippen LogP contribution in [0.15, 0.2) is 60.7 Å². The minimum Gasteiger partial charge on any atom is -0.481 e. The van der Waals surface area contributed by atoms with Gasteiger partial charge in [-0.15, -0.1) is 17.0 Å². The van der Waals surface area contributed by atoms with Gasteiger partial charge in [0.2, 0.25) is 0 Å². The lowest BCUT2D eigenvalue weighted by atomic mass is 9.73. The van der Waals surface area contributed by atoms with Crippen LogP contribution >= 0.6 is 17.0 Å². The van der Waals surface area contributed by atoms with Gasteiger partial charge in [-0.1, -0.05) is 60.7 Å². The van der Waals surface area contributed by atoms with Crippen LogP contribution in [0.1, 0.15) is 24.0 Å². The highest BCUT2D eigenvalue weighted by molar-refractivity contribution is 8.93. The third kappa shape index (κ3) is 2.94. The van der Waals surface area contributed by atoms with E-state index in [0.717, 1.165) is 24.1 Å². The molecular weight excluding hydrogens is 342 g/mol. The summed E-state index contributed by atoms with van der Waals surface area (Å²) < 4.78 is 0. The topological polar surface area (TPSA) is 49.3 Å². The van der Waals surface area contributed by atoms with E-state index in [-0.39, 0.29) is 29.3 Å². The molecule has 2 aromatic rings. The maximum atomic E-state index is 11.3. The first-order chi connectivity index (χ1) is 10.2. The highest BCUT2D eigenvalue weighted by Gasteiger charge is 2.45. The lowest BCUT2D eigenvalue weighted by molar-refractivity contribution is -0.138. The van der Waals surface area contributed by atoms with Gasteiger partial charge >= 0.3 is 5.97 Å². The number of hydrogen-bond acceptors (Lipinski definition) is 2. The number of carboxylic acid groups (broad SMARTS) is 1. The normalized spacial score (nSPS) is 19.4. The van der Waals surface area contributed by atoms with Gasteiger partial charge in [0.25, 0.3) is 0 Å². The molecule has 0 spiro atoms. The zero-order chi connectivity index (χ0) is 14.7. The molecule has 0 saturated carbocycles. The second-order valence-corrected chi connectivity index (χ2v) is 5.55. The first-order valence-electron chi connectivity index (χ1n) is 7.31. The van der Waals surface area contributed by atoms with Crippen molar-refractivity contribution in [3.8, 4) is 0 Å². The van der Waals surface area contributed by atoms with Crippen LogP contribution in [0, 0.1) is 5.92 Å². The number of nitrogens with one attached hydrogen (secondary N) is 1. The van der Waals surface area contributed by atoms with Crippen molar-refractivity contribution in [2.75, 3.05) is 6.54 Å². The van der Waals surface area contributed by atoms with Gasteiger partial charge in [-0.05, 0) is 30.0 Å². The van der Waals surface area contributed by atoms with Crippen molar-refractivity contribution < 1.29 is 9.90 Å². The van der Waals surface area contributed by atoms with Crippen LogP contribution < -0.4 is 5.32 Å². The van der Waals surface area contributed by atoms with E-state index in [0.29, 0.717) is 0 Å². The van der Waals surface area contributed by atoms with Crippen molar-refractivity contribution in [3.05, 3.63) is 71.8 Å². The summed E-state index contributed by atoms with van der Waals surface area (Å²) in [5, 5.41) is 12.9. The molecule has 1 saturated heterocycles. The van der Waals surface area contributed by atoms with Gasteiger partial charge < -0.3 is 10.4 Å². The van der Waals surface area contributed by atoms with Crippen molar-refractivity contribution in [1.82, 2.24) is 5.32 Å². The predicted molar refractivity (Wildman–Crippen MR) is 92.3 cm³/mol. The Balaban J connectivity index is 0.00000176. The summed E-state index contributed by atoms with van der Waals surface area (Å²) in [4.78, 5) is 11.3. The fourth-order valence-corrected chi connectivity index (χ4v) is 3.51. The maximum absolute atomic E-state index is 11.3. The summed E-state index contributed by atoms with van der Waals surface area (Å²) in [6.07, 6.45) is 1.05. The first-order valence-corrected chi connectivity index (χ1v) is 7.31. The number of carboxylic acids is 1. The summed E-state index contributed by atoms with van der Waals surface area (Å²) in [6.45, 7) is 0.835. The molecule has 22 heavy (non-hydrogen) atoms. The zero-order valence-corrected chi connectivity index (χ0v) is 13.9. The van der Waals surface area contributed by atoms with E-state index in [4.69, 9.17) is 0 Å². The van der Waals surface area contributed by atoms with Crippen LogP contribution in [0.2, 0.25) is 0 Å². The average Bonchev–Trinajstić information content (AvgIpc) is 2.93. The number of halogens is 1. The van der Waals surface area contributed by atoms with Crippen molar-refractivity contribution in [2.45, 2.75) is 18.4 Å². The Morgan fingerprint density at radius 3 is 2.00 bits per heavy atom. The Hall–Kier alpha value is -1.65. The maximum Gasteiger partial charge on any atom is 0.303 e. The summed E-state index contributed by atoms with van der Waals surface area (Å²) in [6, 6.07) is 20.4. The number of rotatable bonds is 4. The first kappa shape index (κ1) is 16.7. The number of aliphatic carboxylic acids is 1. The highest BCUT2D eigenvalue weighted by Crippen LogP contribution is 2.43. The zero-order valence-electron chi connectivity index (χ0n) is 12.2. The minimum absolute atomic E-state index is 0. The summed E-state index contributed by atoms with van der Waals surface area (Å²) in [7, 11) is 0. The fraction of sp³-hybridized carbons (Fsp3) is 0.278. The van der Waals surface area contributed by atoms with E-state index in [1.54, 1.807) is 0 Å². The third-order valence-corrected chi connectivity index (χ3v) is 4.39. The molecule has 0 aromatic heterocycles. The molecule has 1 aliphatic heterocycles. The Bertz CT molecular complexity index is 576. The van der Waals surface area contributed by atoms with E-state index in [9.17, 15) is 9.90 Å². The predicted octanol–water partition coefficient (Wildman–Crippen LogP) is 3.59. The fourth-order valence-electron chi connectivity index (χ4n) is 3.51. The molecule has 1 heterocycles. The van der Waals surface area contributed by atoms with Gasteiger partial charge in [-0.2, -0.15) is 0 Å². The molecule has 0 bridgehead atoms. The summed E-state index contributed by atoms with van der Waals surface area (Å²) in [5.74, 6) is -0.681. The Morgan fingerprint density at radius 1 is 1.05 bits per heavy atom. The molecule has 1 atom stereocenters. The molecule has 4 heteroatoms. The Morgan fingerprint density at radius 2 is 1.55 bits per heavy atom. The van der Waals surface area contributed by atoms with Crippen molar-refractivity contribution in [3.63, 3.8) is 0 Å². The SMILES string of the molecule is Br.O=C(O)C[C@@H]1CCNC1(c1ccccc1)c1ccccc1. The average molecular weight is 362 g/mol. The van der Waals surface area contributed by atoms with E-state index in [1.807, 2.05) is 36.4 Å². The van der Waals surface area contributed by atoms with Crippen LogP contribution in [0.3, 0.4) is 0 Å². The monoisotopic (exact) mass is 361 g/mol. The van der Waals surface area contributed by atoms with Crippen LogP contribution in [0.5, 0.6) is 0 Å². The molecular formula is C18H20BrNO2. The minimum atomic E-state index is -0.736. The van der Waals surface area contributed by atoms with Gasteiger partial charge in [0, 0.05) is 0 Å². The van der Waals surface area contributed by atoms with Crippen LogP contribution in [0.25, 0.3) is 0 Å². The van der Waals surface area contributed by atoms with Gasteiger partial charge in [0.15, 0.2) is 0 Å². The molecule has 0 radical (unpaired) electrons. The Kier molecular flexibility index (Phi) is 5.37. The standard InChI is InChI=1S/C18H19NO2.BrH/c20-17(21)13-16-11-12-19-18(16,14-7-3-1-4-8-14)15-9-5-2-6-10-15;/h1-10,16,19H,11-13H2,(H,20,21);1H/t16-;/m0./s1. The van der Waals surface area contributed by atoms with E-state index < -0.39 is 11.5 Å². The smallest absolute Gasteiger partial charge is 0.303 e. The number of carbonyl (C=O) groups is 1. The van der Waals surface area contributed by atoms with Gasteiger partial charge in [-0.3, -0.25) is 4.79 Å². The Labute approximate surface area is 141 Å². The second-order valence-electron chi connectivity index (χ2n) is 5.55. The molecule has 3 nitrogen and oxygen atoms in total. The van der Waals surface area contributed by atoms with Crippen molar-refractivity contribution in [1.29, 1.82) is 0 Å². The summed E-state index contributed by atoms with van der Waals surface area (Å²) in [5.41, 5.74) is 1.88. The van der Waals surface area contributed by atoms with Crippen molar-refractivity contribution >= 4 is 23.0 Å². The molecule has 0 aliphatic carbocycles. The molecule has 116 valence electrons. The molecule has 1 aliphatic rings. The van der Waals surface area contributed by atoms with E-state index in [2.05, 4.69) is 29.6 Å². The second kappa shape index (κ2) is 7.07. The highest BCUT2D eigenvalue weighted by atomic mass is 79.9. The van der Waals surface area contributed by atoms with E-state index >= 15 is 0 Å². The lowest BCUT2D eigenvalue weighted by Gasteiger charge is -2.36. The van der Waals surface area contributed by atoms with Gasteiger partial charge in [-0.25, -0.2) is 0 Å². The third-order valence-electron chi connectivity index (χ3n) is 4.39. The van der Waals surface area contributed by atoms with E-state index in [1.165, 1.54) is 0 Å². The van der Waals surface area contributed by atoms with Gasteiger partial charge in [0.1, 0.15) is 0 Å².